The number of rotatable bonds is 7. The summed E-state index contributed by atoms with van der Waals surface area (Å²) in [5.74, 6) is 2.41. The number of methoxy groups -OCH3 is 1. The highest BCUT2D eigenvalue weighted by Gasteiger charge is 2.42. The zero-order chi connectivity index (χ0) is 28.5. The van der Waals surface area contributed by atoms with Gasteiger partial charge in [-0.1, -0.05) is 23.8 Å². The summed E-state index contributed by atoms with van der Waals surface area (Å²) in [6.07, 6.45) is 1.83. The first-order valence-electron chi connectivity index (χ1n) is 13.6. The van der Waals surface area contributed by atoms with Crippen molar-refractivity contribution in [2.75, 3.05) is 12.0 Å². The van der Waals surface area contributed by atoms with Gasteiger partial charge in [0.15, 0.2) is 5.11 Å². The highest BCUT2D eigenvalue weighted by molar-refractivity contribution is 7.80. The molecule has 0 aliphatic carbocycles. The van der Waals surface area contributed by atoms with Crippen LogP contribution in [-0.2, 0) is 0 Å². The van der Waals surface area contributed by atoms with Crippen molar-refractivity contribution in [1.82, 2.24) is 14.9 Å². The molecule has 0 bridgehead atoms. The zero-order valence-corrected chi connectivity index (χ0v) is 24.4. The predicted molar refractivity (Wildman–Crippen MR) is 167 cm³/mol. The second-order valence-electron chi connectivity index (χ2n) is 10.3. The largest absolute Gasteiger partial charge is 0.497 e. The number of aryl methyl sites for hydroxylation is 2. The molecule has 3 heterocycles. The van der Waals surface area contributed by atoms with Gasteiger partial charge in [-0.2, -0.15) is 0 Å². The Labute approximate surface area is 246 Å². The molecule has 3 aromatic carbocycles. The molecule has 6 rings (SSSR count). The van der Waals surface area contributed by atoms with E-state index in [1.807, 2.05) is 66.9 Å². The van der Waals surface area contributed by atoms with Gasteiger partial charge >= 0.3 is 0 Å². The van der Waals surface area contributed by atoms with Crippen LogP contribution < -0.4 is 19.7 Å². The lowest BCUT2D eigenvalue weighted by molar-refractivity contribution is 0.414. The number of ether oxygens (including phenoxy) is 2. The maximum absolute atomic E-state index is 6.09. The maximum atomic E-state index is 6.09. The number of anilines is 1. The normalized spacial score (nSPS) is 16.5. The third kappa shape index (κ3) is 5.16. The van der Waals surface area contributed by atoms with Crippen LogP contribution in [0.5, 0.6) is 17.2 Å². The van der Waals surface area contributed by atoms with Crippen molar-refractivity contribution in [3.63, 3.8) is 0 Å². The molecule has 1 N–H and O–H groups in total. The highest BCUT2D eigenvalue weighted by atomic mass is 32.1. The van der Waals surface area contributed by atoms with E-state index in [9.17, 15) is 0 Å². The molecule has 41 heavy (non-hydrogen) atoms. The molecule has 5 aromatic rings. The minimum atomic E-state index is -0.128. The molecule has 0 amide bonds. The summed E-state index contributed by atoms with van der Waals surface area (Å²) in [4.78, 5) is 6.91. The lowest BCUT2D eigenvalue weighted by Gasteiger charge is -2.28. The van der Waals surface area contributed by atoms with Crippen LogP contribution in [0.1, 0.15) is 40.3 Å². The molecule has 2 atom stereocenters. The topological polar surface area (TPSA) is 51.5 Å². The first kappa shape index (κ1) is 26.6. The molecule has 206 valence electrons. The van der Waals surface area contributed by atoms with Crippen molar-refractivity contribution in [2.45, 2.75) is 32.9 Å². The maximum Gasteiger partial charge on any atom is 0.174 e. The Morgan fingerprint density at radius 2 is 1.41 bits per heavy atom. The van der Waals surface area contributed by atoms with Gasteiger partial charge in [-0.05, 0) is 117 Å². The van der Waals surface area contributed by atoms with E-state index in [1.54, 1.807) is 7.11 Å². The molecule has 1 fully saturated rings. The number of pyridine rings is 1. The van der Waals surface area contributed by atoms with E-state index < -0.39 is 0 Å². The fraction of sp³-hybridized carbons (Fsp3) is 0.176. The van der Waals surface area contributed by atoms with Gasteiger partial charge in [0.2, 0.25) is 0 Å². The van der Waals surface area contributed by atoms with Crippen LogP contribution >= 0.6 is 12.2 Å². The van der Waals surface area contributed by atoms with Gasteiger partial charge in [-0.15, -0.1) is 0 Å². The summed E-state index contributed by atoms with van der Waals surface area (Å²) in [5, 5.41) is 4.24. The number of aromatic nitrogens is 2. The fourth-order valence-corrected chi connectivity index (χ4v) is 5.93. The zero-order valence-electron chi connectivity index (χ0n) is 23.5. The summed E-state index contributed by atoms with van der Waals surface area (Å²) in [7, 11) is 1.68. The molecule has 1 aliphatic rings. The third-order valence-electron chi connectivity index (χ3n) is 7.59. The smallest absolute Gasteiger partial charge is 0.174 e. The minimum Gasteiger partial charge on any atom is -0.497 e. The number of nitrogens with zero attached hydrogens (tertiary/aromatic N) is 3. The average Bonchev–Trinajstić information content (AvgIpc) is 3.49. The second kappa shape index (κ2) is 11.1. The minimum absolute atomic E-state index is 0.112. The van der Waals surface area contributed by atoms with E-state index >= 15 is 0 Å². The molecule has 7 heteroatoms. The van der Waals surface area contributed by atoms with Gasteiger partial charge < -0.3 is 24.3 Å². The lowest BCUT2D eigenvalue weighted by Crippen LogP contribution is -2.29. The average molecular weight is 561 g/mol. The van der Waals surface area contributed by atoms with Crippen LogP contribution in [-0.4, -0.2) is 21.8 Å². The van der Waals surface area contributed by atoms with Crippen LogP contribution in [0.3, 0.4) is 0 Å². The molecule has 2 aromatic heterocycles. The molecule has 1 saturated heterocycles. The van der Waals surface area contributed by atoms with Crippen molar-refractivity contribution in [3.8, 4) is 22.9 Å². The quantitative estimate of drug-likeness (QED) is 0.205. The molecule has 0 unspecified atom stereocenters. The number of benzene rings is 3. The van der Waals surface area contributed by atoms with Crippen molar-refractivity contribution >= 4 is 23.0 Å². The molecule has 0 saturated carbocycles. The van der Waals surface area contributed by atoms with Gasteiger partial charge in [-0.25, -0.2) is 0 Å². The second-order valence-corrected chi connectivity index (χ2v) is 10.7. The Bertz CT molecular complexity index is 1660. The fourth-order valence-electron chi connectivity index (χ4n) is 5.58. The van der Waals surface area contributed by atoms with Crippen molar-refractivity contribution in [1.29, 1.82) is 0 Å². The summed E-state index contributed by atoms with van der Waals surface area (Å²) in [5.41, 5.74) is 7.67. The van der Waals surface area contributed by atoms with Gasteiger partial charge in [0.05, 0.1) is 24.9 Å². The summed E-state index contributed by atoms with van der Waals surface area (Å²) in [6, 6.07) is 32.3. The number of hydrogen-bond donors (Lipinski definition) is 1. The van der Waals surface area contributed by atoms with E-state index in [0.29, 0.717) is 5.11 Å². The number of hydrogen-bond acceptors (Lipinski definition) is 4. The van der Waals surface area contributed by atoms with E-state index in [0.717, 1.165) is 45.7 Å². The van der Waals surface area contributed by atoms with Crippen LogP contribution in [0.25, 0.3) is 5.69 Å². The summed E-state index contributed by atoms with van der Waals surface area (Å²) >= 11 is 5.97. The number of nitrogens with one attached hydrogen (secondary N) is 1. The van der Waals surface area contributed by atoms with Gasteiger partial charge in [0, 0.05) is 29.0 Å². The Morgan fingerprint density at radius 3 is 2.05 bits per heavy atom. The van der Waals surface area contributed by atoms with Crippen molar-refractivity contribution in [3.05, 3.63) is 131 Å². The van der Waals surface area contributed by atoms with Gasteiger partial charge in [-0.3, -0.25) is 4.98 Å². The Hall–Kier alpha value is -4.62. The van der Waals surface area contributed by atoms with Crippen molar-refractivity contribution in [2.24, 2.45) is 0 Å². The lowest BCUT2D eigenvalue weighted by atomic mass is 9.96. The van der Waals surface area contributed by atoms with Crippen LogP contribution in [0.4, 0.5) is 5.69 Å². The molecule has 0 radical (unpaired) electrons. The Kier molecular flexibility index (Phi) is 7.20. The summed E-state index contributed by atoms with van der Waals surface area (Å²) in [6.45, 7) is 6.37. The first-order chi connectivity index (χ1) is 19.9. The Balaban J connectivity index is 1.39. The van der Waals surface area contributed by atoms with Gasteiger partial charge in [0.1, 0.15) is 17.2 Å². The molecule has 1 aliphatic heterocycles. The molecular weight excluding hydrogens is 528 g/mol. The highest BCUT2D eigenvalue weighted by Crippen LogP contribution is 2.44. The first-order valence-corrected chi connectivity index (χ1v) is 14.0. The van der Waals surface area contributed by atoms with E-state index in [-0.39, 0.29) is 12.1 Å². The standard InChI is InChI=1S/C34H32N4O2S/c1-22-8-14-28(15-9-22)40-29-18-12-26(13-19-29)38-33(32(36-34(38)41)31-7-5-6-20-35-31)30-21-23(2)37(24(30)3)25-10-16-27(39-4)17-11-25/h5-21,32-33H,1-4H3,(H,36,41)/t32-,33-/m0/s1. The van der Waals surface area contributed by atoms with Crippen molar-refractivity contribution < 1.29 is 9.47 Å². The Morgan fingerprint density at radius 1 is 0.780 bits per heavy atom. The monoisotopic (exact) mass is 560 g/mol. The van der Waals surface area contributed by atoms with E-state index in [1.165, 1.54) is 11.1 Å². The van der Waals surface area contributed by atoms with Crippen LogP contribution in [0.15, 0.2) is 103 Å². The molecular formula is C34H32N4O2S. The summed E-state index contributed by atoms with van der Waals surface area (Å²) < 4.78 is 13.8. The SMILES string of the molecule is COc1ccc(-n2c(C)cc([C@H]3[C@H](c4ccccn4)NC(=S)N3c3ccc(Oc4ccc(C)cc4)cc3)c2C)cc1. The predicted octanol–water partition coefficient (Wildman–Crippen LogP) is 7.78. The van der Waals surface area contributed by atoms with Crippen LogP contribution in [0, 0.1) is 20.8 Å². The van der Waals surface area contributed by atoms with Crippen LogP contribution in [0.2, 0.25) is 0 Å². The molecule has 6 nitrogen and oxygen atoms in total. The third-order valence-corrected chi connectivity index (χ3v) is 7.90. The van der Waals surface area contributed by atoms with Gasteiger partial charge in [0.25, 0.3) is 0 Å². The van der Waals surface area contributed by atoms with E-state index in [2.05, 4.69) is 72.0 Å². The molecule has 0 spiro atoms. The van der Waals surface area contributed by atoms with E-state index in [4.69, 9.17) is 26.7 Å². The number of thiocarbonyl (C=S) groups is 1.